The van der Waals surface area contributed by atoms with E-state index in [4.69, 9.17) is 9.47 Å². The predicted octanol–water partition coefficient (Wildman–Crippen LogP) is 9.47. The first-order valence-corrected chi connectivity index (χ1v) is 16.5. The minimum Gasteiger partial charge on any atom is -0.394 e. The van der Waals surface area contributed by atoms with Gasteiger partial charge in [0.15, 0.2) is 0 Å². The number of ether oxygens (including phenoxy) is 2. The van der Waals surface area contributed by atoms with Crippen molar-refractivity contribution in [2.24, 2.45) is 17.8 Å². The van der Waals surface area contributed by atoms with Gasteiger partial charge in [-0.05, 0) is 130 Å². The van der Waals surface area contributed by atoms with Crippen LogP contribution in [0.15, 0.2) is 70.4 Å². The van der Waals surface area contributed by atoms with Crippen LogP contribution in [0.1, 0.15) is 112 Å². The standard InChI is InChI=1S/C38H64O4/c1-30(2)12-8-14-32(5)16-10-17-34(7)20-21-36-26-35(19-11-18-33(6)15-9-13-31(3)4)27-37(28-41-24-22-39)38(36)29-42-25-23-40/h12-13,16,18,26,36-40H,7-11,14-15,17,19-25,27-29H2,1-6H3/b32-16+,33-18+/t36-,37-,38+/m1/s1. The Balaban J connectivity index is 2.87. The van der Waals surface area contributed by atoms with Gasteiger partial charge in [0.25, 0.3) is 0 Å². The van der Waals surface area contributed by atoms with E-state index in [0.29, 0.717) is 44.2 Å². The summed E-state index contributed by atoms with van der Waals surface area (Å²) in [6.45, 7) is 19.7. The van der Waals surface area contributed by atoms with Crippen LogP contribution in [0, 0.1) is 17.8 Å². The van der Waals surface area contributed by atoms with E-state index in [0.717, 1.165) is 70.6 Å². The summed E-state index contributed by atoms with van der Waals surface area (Å²) in [5.74, 6) is 1.09. The molecule has 0 amide bonds. The molecule has 1 aliphatic carbocycles. The van der Waals surface area contributed by atoms with E-state index in [-0.39, 0.29) is 13.2 Å². The van der Waals surface area contributed by atoms with Crippen molar-refractivity contribution < 1.29 is 19.7 Å². The highest BCUT2D eigenvalue weighted by Crippen LogP contribution is 2.39. The van der Waals surface area contributed by atoms with Crippen molar-refractivity contribution in [3.8, 4) is 0 Å². The lowest BCUT2D eigenvalue weighted by Gasteiger charge is -2.37. The largest absolute Gasteiger partial charge is 0.394 e. The van der Waals surface area contributed by atoms with E-state index in [9.17, 15) is 10.2 Å². The molecule has 0 unspecified atom stereocenters. The first-order valence-electron chi connectivity index (χ1n) is 16.5. The summed E-state index contributed by atoms with van der Waals surface area (Å²) >= 11 is 0. The fourth-order valence-electron chi connectivity index (χ4n) is 5.74. The Bertz CT molecular complexity index is 896. The van der Waals surface area contributed by atoms with Crippen molar-refractivity contribution in [1.82, 2.24) is 0 Å². The molecule has 0 spiro atoms. The van der Waals surface area contributed by atoms with Crippen LogP contribution < -0.4 is 0 Å². The zero-order valence-electron chi connectivity index (χ0n) is 28.1. The summed E-state index contributed by atoms with van der Waals surface area (Å²) in [5.41, 5.74) is 8.55. The third-order valence-corrected chi connectivity index (χ3v) is 8.21. The van der Waals surface area contributed by atoms with Crippen LogP contribution in [0.25, 0.3) is 0 Å². The summed E-state index contributed by atoms with van der Waals surface area (Å²) < 4.78 is 11.8. The highest BCUT2D eigenvalue weighted by molar-refractivity contribution is 5.15. The average molecular weight is 585 g/mol. The lowest BCUT2D eigenvalue weighted by molar-refractivity contribution is -0.00380. The molecule has 0 bridgehead atoms. The molecule has 240 valence electrons. The van der Waals surface area contributed by atoms with Crippen LogP contribution >= 0.6 is 0 Å². The van der Waals surface area contributed by atoms with E-state index in [2.05, 4.69) is 78.5 Å². The van der Waals surface area contributed by atoms with Gasteiger partial charge in [0.2, 0.25) is 0 Å². The van der Waals surface area contributed by atoms with Crippen molar-refractivity contribution in [3.63, 3.8) is 0 Å². The third kappa shape index (κ3) is 18.7. The van der Waals surface area contributed by atoms with Crippen LogP contribution in [0.3, 0.4) is 0 Å². The van der Waals surface area contributed by atoms with E-state index < -0.39 is 0 Å². The molecule has 42 heavy (non-hydrogen) atoms. The van der Waals surface area contributed by atoms with Gasteiger partial charge >= 0.3 is 0 Å². The zero-order valence-corrected chi connectivity index (χ0v) is 28.1. The molecule has 0 heterocycles. The van der Waals surface area contributed by atoms with E-state index in [1.165, 1.54) is 33.4 Å². The second kappa shape index (κ2) is 23.7. The summed E-state index contributed by atoms with van der Waals surface area (Å²) in [4.78, 5) is 0. The molecule has 0 saturated heterocycles. The second-order valence-electron chi connectivity index (χ2n) is 12.8. The smallest absolute Gasteiger partial charge is 0.0697 e. The number of aliphatic hydroxyl groups excluding tert-OH is 2. The molecule has 0 aromatic heterocycles. The fraction of sp³-hybridized carbons (Fsp3) is 0.684. The highest BCUT2D eigenvalue weighted by Gasteiger charge is 2.33. The molecular formula is C38H64O4. The van der Waals surface area contributed by atoms with Gasteiger partial charge in [-0.25, -0.2) is 0 Å². The highest BCUT2D eigenvalue weighted by atomic mass is 16.5. The molecular weight excluding hydrogens is 520 g/mol. The Morgan fingerprint density at radius 3 is 1.88 bits per heavy atom. The molecule has 0 radical (unpaired) electrons. The predicted molar refractivity (Wildman–Crippen MR) is 181 cm³/mol. The van der Waals surface area contributed by atoms with Crippen molar-refractivity contribution in [2.75, 3.05) is 39.6 Å². The molecule has 0 saturated carbocycles. The monoisotopic (exact) mass is 584 g/mol. The summed E-state index contributed by atoms with van der Waals surface area (Å²) in [6, 6.07) is 0. The van der Waals surface area contributed by atoms with Crippen LogP contribution in [0.5, 0.6) is 0 Å². The normalized spacial score (nSPS) is 19.4. The Kier molecular flexibility index (Phi) is 21.6. The Morgan fingerprint density at radius 2 is 1.31 bits per heavy atom. The van der Waals surface area contributed by atoms with Gasteiger partial charge in [-0.1, -0.05) is 70.4 Å². The van der Waals surface area contributed by atoms with Crippen LogP contribution in [0.4, 0.5) is 0 Å². The molecule has 0 fully saturated rings. The molecule has 0 aromatic carbocycles. The fourth-order valence-corrected chi connectivity index (χ4v) is 5.74. The maximum Gasteiger partial charge on any atom is 0.0697 e. The summed E-state index contributed by atoms with van der Waals surface area (Å²) in [5, 5.41) is 18.6. The Morgan fingerprint density at radius 1 is 0.762 bits per heavy atom. The van der Waals surface area contributed by atoms with Gasteiger partial charge in [-0.3, -0.25) is 0 Å². The van der Waals surface area contributed by atoms with Crippen LogP contribution in [0.2, 0.25) is 0 Å². The van der Waals surface area contributed by atoms with E-state index in [1.807, 2.05) is 0 Å². The lowest BCUT2D eigenvalue weighted by atomic mass is 9.71. The van der Waals surface area contributed by atoms with Gasteiger partial charge in [0.1, 0.15) is 0 Å². The first kappa shape index (κ1) is 38.3. The van der Waals surface area contributed by atoms with Crippen LogP contribution in [-0.4, -0.2) is 49.9 Å². The molecule has 1 aliphatic rings. The van der Waals surface area contributed by atoms with Crippen LogP contribution in [-0.2, 0) is 9.47 Å². The maximum atomic E-state index is 9.32. The average Bonchev–Trinajstić information content (AvgIpc) is 2.92. The topological polar surface area (TPSA) is 58.9 Å². The second-order valence-corrected chi connectivity index (χ2v) is 12.8. The zero-order chi connectivity index (χ0) is 31.2. The summed E-state index contributed by atoms with van der Waals surface area (Å²) in [6.07, 6.45) is 23.8. The number of rotatable bonds is 23. The molecule has 0 aromatic rings. The van der Waals surface area contributed by atoms with Gasteiger partial charge in [-0.2, -0.15) is 0 Å². The minimum atomic E-state index is 0.0432. The van der Waals surface area contributed by atoms with Gasteiger partial charge in [-0.15, -0.1) is 0 Å². The van der Waals surface area contributed by atoms with Crippen molar-refractivity contribution >= 4 is 0 Å². The van der Waals surface area contributed by atoms with Gasteiger partial charge in [0.05, 0.1) is 39.6 Å². The molecule has 4 nitrogen and oxygen atoms in total. The van der Waals surface area contributed by atoms with E-state index in [1.54, 1.807) is 0 Å². The molecule has 3 atom stereocenters. The van der Waals surface area contributed by atoms with Gasteiger partial charge in [0, 0.05) is 0 Å². The number of hydrogen-bond acceptors (Lipinski definition) is 4. The number of allylic oxidation sites excluding steroid dienone is 11. The quantitative estimate of drug-likeness (QED) is 0.0927. The molecule has 0 aliphatic heterocycles. The van der Waals surface area contributed by atoms with Gasteiger partial charge < -0.3 is 19.7 Å². The first-order chi connectivity index (χ1) is 20.2. The Labute approximate surface area is 259 Å². The number of aliphatic hydroxyl groups is 2. The molecule has 4 heteroatoms. The molecule has 2 N–H and O–H groups in total. The lowest BCUT2D eigenvalue weighted by Crippen LogP contribution is -2.34. The van der Waals surface area contributed by atoms with Crippen molar-refractivity contribution in [1.29, 1.82) is 0 Å². The van der Waals surface area contributed by atoms with E-state index >= 15 is 0 Å². The van der Waals surface area contributed by atoms with Crippen molar-refractivity contribution in [3.05, 3.63) is 70.4 Å². The Hall–Kier alpha value is -1.72. The minimum absolute atomic E-state index is 0.0432. The third-order valence-electron chi connectivity index (χ3n) is 8.21. The van der Waals surface area contributed by atoms with Crippen molar-refractivity contribution in [2.45, 2.75) is 112 Å². The molecule has 1 rings (SSSR count). The SMILES string of the molecule is C=C(CC/C=C(\C)CCC=C(C)C)CC[C@@H]1C=C(CC/C=C(\C)CCC=C(C)C)C[C@H](COCCO)[C@H]1COCCO. The summed E-state index contributed by atoms with van der Waals surface area (Å²) in [7, 11) is 0. The maximum absolute atomic E-state index is 9.32. The number of hydrogen-bond donors (Lipinski definition) is 2.